The maximum Gasteiger partial charge on any atom is 0.309 e. The lowest BCUT2D eigenvalue weighted by Gasteiger charge is -2.35. The molecule has 0 aliphatic carbocycles. The highest BCUT2D eigenvalue weighted by Crippen LogP contribution is 2.19. The lowest BCUT2D eigenvalue weighted by atomic mass is 10.0. The van der Waals surface area contributed by atoms with Crippen molar-refractivity contribution in [2.24, 2.45) is 5.92 Å². The van der Waals surface area contributed by atoms with Crippen LogP contribution >= 0.6 is 11.3 Å². The zero-order chi connectivity index (χ0) is 11.1. The Morgan fingerprint density at radius 2 is 2.44 bits per heavy atom. The maximum absolute atomic E-state index is 10.6. The number of likely N-dealkylation sites (tertiary alicyclic amines) is 1. The van der Waals surface area contributed by atoms with Gasteiger partial charge in [0.2, 0.25) is 0 Å². The van der Waals surface area contributed by atoms with Crippen molar-refractivity contribution in [2.75, 3.05) is 13.1 Å². The van der Waals surface area contributed by atoms with Crippen molar-refractivity contribution in [3.8, 4) is 0 Å². The minimum absolute atomic E-state index is 0.191. The molecule has 6 heteroatoms. The molecule has 1 fully saturated rings. The third-order valence-electron chi connectivity index (χ3n) is 2.84. The van der Waals surface area contributed by atoms with E-state index in [4.69, 9.17) is 5.11 Å². The minimum atomic E-state index is -0.693. The van der Waals surface area contributed by atoms with Gasteiger partial charge in [-0.05, 0) is 0 Å². The summed E-state index contributed by atoms with van der Waals surface area (Å²) in [6.45, 7) is 2.03. The summed E-state index contributed by atoms with van der Waals surface area (Å²) in [6.07, 6.45) is 3.98. The number of carbonyl (C=O) groups is 1. The third kappa shape index (κ3) is 1.60. The van der Waals surface area contributed by atoms with Gasteiger partial charge in [-0.2, -0.15) is 0 Å². The number of aliphatic carboxylic acids is 1. The van der Waals surface area contributed by atoms with Crippen molar-refractivity contribution in [1.82, 2.24) is 14.3 Å². The Labute approximate surface area is 95.9 Å². The predicted octanol–water partition coefficient (Wildman–Crippen LogP) is 0.912. The van der Waals surface area contributed by atoms with Crippen LogP contribution in [-0.2, 0) is 11.3 Å². The number of thiazole rings is 1. The zero-order valence-electron chi connectivity index (χ0n) is 8.54. The van der Waals surface area contributed by atoms with Crippen molar-refractivity contribution >= 4 is 22.3 Å². The molecule has 3 rings (SSSR count). The van der Waals surface area contributed by atoms with E-state index in [1.54, 1.807) is 11.3 Å². The number of carboxylic acids is 1. The van der Waals surface area contributed by atoms with Crippen molar-refractivity contribution in [3.05, 3.63) is 23.5 Å². The molecule has 0 radical (unpaired) electrons. The third-order valence-corrected chi connectivity index (χ3v) is 3.61. The van der Waals surface area contributed by atoms with E-state index in [1.807, 2.05) is 22.2 Å². The van der Waals surface area contributed by atoms with Crippen molar-refractivity contribution < 1.29 is 9.90 Å². The molecule has 1 aliphatic rings. The molecule has 5 nitrogen and oxygen atoms in total. The largest absolute Gasteiger partial charge is 0.481 e. The second-order valence-corrected chi connectivity index (χ2v) is 4.93. The molecule has 0 aromatic carbocycles. The molecule has 1 N–H and O–H groups in total. The molecular weight excluding hydrogens is 226 g/mol. The second-order valence-electron chi connectivity index (χ2n) is 4.05. The molecule has 0 unspecified atom stereocenters. The average molecular weight is 237 g/mol. The van der Waals surface area contributed by atoms with E-state index < -0.39 is 5.97 Å². The number of fused-ring (bicyclic) bond motifs is 1. The van der Waals surface area contributed by atoms with E-state index in [9.17, 15) is 4.79 Å². The molecule has 2 aromatic heterocycles. The minimum Gasteiger partial charge on any atom is -0.481 e. The molecule has 0 saturated carbocycles. The van der Waals surface area contributed by atoms with E-state index in [0.29, 0.717) is 13.1 Å². The summed E-state index contributed by atoms with van der Waals surface area (Å²) in [6, 6.07) is 0. The van der Waals surface area contributed by atoms with Crippen molar-refractivity contribution in [2.45, 2.75) is 6.54 Å². The molecule has 2 aromatic rings. The van der Waals surface area contributed by atoms with Gasteiger partial charge in [0.05, 0.1) is 11.6 Å². The Balaban J connectivity index is 1.64. The predicted molar refractivity (Wildman–Crippen MR) is 59.5 cm³/mol. The number of hydrogen-bond donors (Lipinski definition) is 1. The molecule has 3 heterocycles. The van der Waals surface area contributed by atoms with Gasteiger partial charge in [0.1, 0.15) is 0 Å². The van der Waals surface area contributed by atoms with Crippen molar-refractivity contribution in [3.63, 3.8) is 0 Å². The molecule has 0 bridgehead atoms. The van der Waals surface area contributed by atoms with Crippen LogP contribution in [0.1, 0.15) is 5.69 Å². The fourth-order valence-electron chi connectivity index (χ4n) is 1.94. The number of aromatic nitrogens is 2. The van der Waals surface area contributed by atoms with Gasteiger partial charge in [-0.1, -0.05) is 0 Å². The molecule has 1 saturated heterocycles. The number of nitrogens with zero attached hydrogens (tertiary/aromatic N) is 3. The van der Waals surface area contributed by atoms with Crippen LogP contribution in [0.2, 0.25) is 0 Å². The quantitative estimate of drug-likeness (QED) is 0.862. The normalized spacial score (nSPS) is 17.8. The van der Waals surface area contributed by atoms with Gasteiger partial charge in [0.15, 0.2) is 4.96 Å². The zero-order valence-corrected chi connectivity index (χ0v) is 9.35. The monoisotopic (exact) mass is 237 g/mol. The molecule has 1 aliphatic heterocycles. The van der Waals surface area contributed by atoms with Gasteiger partial charge < -0.3 is 5.11 Å². The van der Waals surface area contributed by atoms with Crippen LogP contribution in [0.15, 0.2) is 17.8 Å². The average Bonchev–Trinajstić information content (AvgIpc) is 2.68. The van der Waals surface area contributed by atoms with E-state index in [0.717, 1.165) is 17.2 Å². The molecule has 0 atom stereocenters. The molecule has 0 spiro atoms. The SMILES string of the molecule is O=C(O)C1CN(Cc2cn3ccsc3n2)C1. The lowest BCUT2D eigenvalue weighted by molar-refractivity contribution is -0.147. The van der Waals surface area contributed by atoms with Gasteiger partial charge in [0, 0.05) is 37.4 Å². The second kappa shape index (κ2) is 3.57. The maximum atomic E-state index is 10.6. The van der Waals surface area contributed by atoms with Gasteiger partial charge in [-0.25, -0.2) is 4.98 Å². The van der Waals surface area contributed by atoms with Crippen LogP contribution in [0, 0.1) is 5.92 Å². The summed E-state index contributed by atoms with van der Waals surface area (Å²) < 4.78 is 1.99. The number of hydrogen-bond acceptors (Lipinski definition) is 4. The van der Waals surface area contributed by atoms with Gasteiger partial charge >= 0.3 is 5.97 Å². The topological polar surface area (TPSA) is 57.8 Å². The lowest BCUT2D eigenvalue weighted by Crippen LogP contribution is -2.49. The fraction of sp³-hybridized carbons (Fsp3) is 0.400. The number of carboxylic acid groups (broad SMARTS) is 1. The Bertz CT molecular complexity index is 498. The van der Waals surface area contributed by atoms with Crippen molar-refractivity contribution in [1.29, 1.82) is 0 Å². The summed E-state index contributed by atoms with van der Waals surface area (Å²) in [5.41, 5.74) is 1.01. The summed E-state index contributed by atoms with van der Waals surface area (Å²) in [5.74, 6) is -0.884. The fourth-order valence-corrected chi connectivity index (χ4v) is 2.66. The highest BCUT2D eigenvalue weighted by Gasteiger charge is 2.32. The number of imidazole rings is 1. The first kappa shape index (κ1) is 9.80. The smallest absolute Gasteiger partial charge is 0.309 e. The summed E-state index contributed by atoms with van der Waals surface area (Å²) in [5, 5.41) is 10.7. The first-order valence-electron chi connectivity index (χ1n) is 5.08. The molecule has 0 amide bonds. The van der Waals surface area contributed by atoms with Gasteiger partial charge in [0.25, 0.3) is 0 Å². The molecule has 16 heavy (non-hydrogen) atoms. The van der Waals surface area contributed by atoms with Crippen LogP contribution in [0.4, 0.5) is 0 Å². The van der Waals surface area contributed by atoms with Crippen LogP contribution in [-0.4, -0.2) is 38.4 Å². The van der Waals surface area contributed by atoms with Crippen LogP contribution in [0.5, 0.6) is 0 Å². The highest BCUT2D eigenvalue weighted by molar-refractivity contribution is 7.15. The Morgan fingerprint density at radius 3 is 3.12 bits per heavy atom. The first-order chi connectivity index (χ1) is 7.72. The van der Waals surface area contributed by atoms with Gasteiger partial charge in [-0.3, -0.25) is 14.1 Å². The van der Waals surface area contributed by atoms with E-state index in [1.165, 1.54) is 0 Å². The van der Waals surface area contributed by atoms with Crippen LogP contribution < -0.4 is 0 Å². The standard InChI is InChI=1S/C10H11N3O2S/c14-9(15)7-3-12(4-7)5-8-6-13-1-2-16-10(13)11-8/h1-2,6-7H,3-5H2,(H,14,15). The number of rotatable bonds is 3. The Kier molecular flexibility index (Phi) is 2.19. The first-order valence-corrected chi connectivity index (χ1v) is 5.96. The summed E-state index contributed by atoms with van der Waals surface area (Å²) in [4.78, 5) is 18.2. The molecular formula is C10H11N3O2S. The Morgan fingerprint density at radius 1 is 1.62 bits per heavy atom. The highest BCUT2D eigenvalue weighted by atomic mass is 32.1. The van der Waals surface area contributed by atoms with Gasteiger partial charge in [-0.15, -0.1) is 11.3 Å². The van der Waals surface area contributed by atoms with E-state index in [2.05, 4.69) is 9.88 Å². The summed E-state index contributed by atoms with van der Waals surface area (Å²) >= 11 is 1.61. The summed E-state index contributed by atoms with van der Waals surface area (Å²) in [7, 11) is 0. The van der Waals surface area contributed by atoms with Crippen LogP contribution in [0.3, 0.4) is 0 Å². The van der Waals surface area contributed by atoms with Crippen LogP contribution in [0.25, 0.3) is 4.96 Å². The Hall–Kier alpha value is -1.40. The van der Waals surface area contributed by atoms with E-state index >= 15 is 0 Å². The van der Waals surface area contributed by atoms with E-state index in [-0.39, 0.29) is 5.92 Å². The molecule has 84 valence electrons.